The van der Waals surface area contributed by atoms with Crippen molar-refractivity contribution < 1.29 is 14.0 Å². The van der Waals surface area contributed by atoms with E-state index in [1.54, 1.807) is 11.0 Å². The maximum Gasteiger partial charge on any atom is 0.299 e. The standard InChI is InChI=1S/C17H20FN3O2/c1-2-19-5-7-20(8-6-19)15-10-14-12(9-13(15)18)16(22)17(23)21(14)11-3-4-11/h9-11H,2-8H2,1H3. The van der Waals surface area contributed by atoms with Crippen molar-refractivity contribution in [3.05, 3.63) is 23.5 Å². The van der Waals surface area contributed by atoms with Crippen LogP contribution in [0.4, 0.5) is 15.8 Å². The number of anilines is 2. The van der Waals surface area contributed by atoms with E-state index in [1.165, 1.54) is 6.07 Å². The zero-order valence-corrected chi connectivity index (χ0v) is 13.2. The van der Waals surface area contributed by atoms with Crippen LogP contribution in [0.3, 0.4) is 0 Å². The molecule has 0 atom stereocenters. The summed E-state index contributed by atoms with van der Waals surface area (Å²) in [4.78, 5) is 30.2. The number of likely N-dealkylation sites (N-methyl/N-ethyl adjacent to an activating group) is 1. The molecule has 6 heteroatoms. The summed E-state index contributed by atoms with van der Waals surface area (Å²) >= 11 is 0. The summed E-state index contributed by atoms with van der Waals surface area (Å²) in [5.74, 6) is -1.49. The van der Waals surface area contributed by atoms with Crippen molar-refractivity contribution in [2.45, 2.75) is 25.8 Å². The number of amides is 1. The van der Waals surface area contributed by atoms with E-state index in [4.69, 9.17) is 0 Å². The second kappa shape index (κ2) is 5.30. The van der Waals surface area contributed by atoms with Crippen LogP contribution >= 0.6 is 0 Å². The highest BCUT2D eigenvalue weighted by atomic mass is 19.1. The predicted molar refractivity (Wildman–Crippen MR) is 85.6 cm³/mol. The molecule has 1 aromatic rings. The first-order chi connectivity index (χ1) is 11.1. The highest BCUT2D eigenvalue weighted by Crippen LogP contribution is 2.41. The van der Waals surface area contributed by atoms with Crippen LogP contribution in [0.5, 0.6) is 0 Å². The number of nitrogens with zero attached hydrogens (tertiary/aromatic N) is 3. The molecule has 4 rings (SSSR count). The summed E-state index contributed by atoms with van der Waals surface area (Å²) in [5, 5.41) is 0. The van der Waals surface area contributed by atoms with Crippen LogP contribution in [-0.4, -0.2) is 55.4 Å². The van der Waals surface area contributed by atoms with Crippen molar-refractivity contribution in [2.75, 3.05) is 42.5 Å². The Bertz CT molecular complexity index is 679. The summed E-state index contributed by atoms with van der Waals surface area (Å²) in [5.41, 5.74) is 1.32. The molecule has 0 radical (unpaired) electrons. The van der Waals surface area contributed by atoms with Gasteiger partial charge in [-0.15, -0.1) is 0 Å². The van der Waals surface area contributed by atoms with E-state index in [0.29, 0.717) is 11.4 Å². The first kappa shape index (κ1) is 14.6. The Morgan fingerprint density at radius 1 is 1.09 bits per heavy atom. The molecule has 1 amide bonds. The maximum atomic E-state index is 14.5. The zero-order chi connectivity index (χ0) is 16.1. The van der Waals surface area contributed by atoms with Crippen LogP contribution in [0, 0.1) is 5.82 Å². The number of hydrogen-bond acceptors (Lipinski definition) is 4. The molecule has 1 aromatic carbocycles. The minimum atomic E-state index is -0.576. The van der Waals surface area contributed by atoms with Gasteiger partial charge in [0.05, 0.1) is 16.9 Å². The third-order valence-corrected chi connectivity index (χ3v) is 5.05. The molecular formula is C17H20FN3O2. The van der Waals surface area contributed by atoms with Crippen LogP contribution in [0.2, 0.25) is 0 Å². The van der Waals surface area contributed by atoms with Crippen molar-refractivity contribution >= 4 is 23.1 Å². The normalized spacial score (nSPS) is 22.0. The highest BCUT2D eigenvalue weighted by Gasteiger charge is 2.44. The van der Waals surface area contributed by atoms with E-state index in [-0.39, 0.29) is 11.6 Å². The van der Waals surface area contributed by atoms with Gasteiger partial charge in [0, 0.05) is 32.2 Å². The van der Waals surface area contributed by atoms with Crippen LogP contribution in [0.1, 0.15) is 30.1 Å². The molecule has 0 N–H and O–H groups in total. The number of Topliss-reactive ketones (excluding diaryl/α,β-unsaturated/α-hetero) is 1. The largest absolute Gasteiger partial charge is 0.367 e. The number of halogens is 1. The van der Waals surface area contributed by atoms with Crippen LogP contribution < -0.4 is 9.80 Å². The number of fused-ring (bicyclic) bond motifs is 1. The van der Waals surface area contributed by atoms with Crippen molar-refractivity contribution in [1.82, 2.24) is 4.90 Å². The number of ketones is 1. The monoisotopic (exact) mass is 317 g/mol. The molecule has 23 heavy (non-hydrogen) atoms. The lowest BCUT2D eigenvalue weighted by Gasteiger charge is -2.36. The van der Waals surface area contributed by atoms with Gasteiger partial charge >= 0.3 is 0 Å². The first-order valence-corrected chi connectivity index (χ1v) is 8.29. The topological polar surface area (TPSA) is 43.9 Å². The first-order valence-electron chi connectivity index (χ1n) is 8.29. The second-order valence-electron chi connectivity index (χ2n) is 6.48. The molecule has 1 aliphatic carbocycles. The third-order valence-electron chi connectivity index (χ3n) is 5.05. The van der Waals surface area contributed by atoms with Crippen molar-refractivity contribution in [2.24, 2.45) is 0 Å². The zero-order valence-electron chi connectivity index (χ0n) is 13.2. The van der Waals surface area contributed by atoms with E-state index in [9.17, 15) is 14.0 Å². The Labute approximate surface area is 134 Å². The van der Waals surface area contributed by atoms with Gasteiger partial charge in [-0.1, -0.05) is 6.92 Å². The van der Waals surface area contributed by atoms with Crippen molar-refractivity contribution in [3.8, 4) is 0 Å². The van der Waals surface area contributed by atoms with Gasteiger partial charge in [0.1, 0.15) is 5.82 Å². The van der Waals surface area contributed by atoms with E-state index in [2.05, 4.69) is 11.8 Å². The van der Waals surface area contributed by atoms with E-state index in [0.717, 1.165) is 45.6 Å². The highest BCUT2D eigenvalue weighted by molar-refractivity contribution is 6.52. The predicted octanol–water partition coefficient (Wildman–Crippen LogP) is 1.66. The maximum absolute atomic E-state index is 14.5. The molecule has 0 unspecified atom stereocenters. The van der Waals surface area contributed by atoms with E-state index in [1.807, 2.05) is 4.90 Å². The molecule has 122 valence electrons. The average molecular weight is 317 g/mol. The molecule has 2 fully saturated rings. The molecule has 0 aromatic heterocycles. The summed E-state index contributed by atoms with van der Waals surface area (Å²) in [6.07, 6.45) is 1.83. The Hall–Kier alpha value is -1.95. The van der Waals surface area contributed by atoms with Crippen molar-refractivity contribution in [1.29, 1.82) is 0 Å². The fourth-order valence-corrected chi connectivity index (χ4v) is 3.51. The molecule has 0 bridgehead atoms. The Morgan fingerprint density at radius 2 is 1.78 bits per heavy atom. The molecule has 0 spiro atoms. The Balaban J connectivity index is 1.68. The van der Waals surface area contributed by atoms with Gasteiger partial charge in [0.15, 0.2) is 0 Å². The summed E-state index contributed by atoms with van der Waals surface area (Å²) < 4.78 is 14.5. The second-order valence-corrected chi connectivity index (χ2v) is 6.48. The van der Waals surface area contributed by atoms with Crippen LogP contribution in [-0.2, 0) is 4.79 Å². The molecule has 2 aliphatic heterocycles. The minimum Gasteiger partial charge on any atom is -0.367 e. The van der Waals surface area contributed by atoms with Crippen LogP contribution in [0.15, 0.2) is 12.1 Å². The van der Waals surface area contributed by atoms with Crippen molar-refractivity contribution in [3.63, 3.8) is 0 Å². The van der Waals surface area contributed by atoms with Gasteiger partial charge in [-0.25, -0.2) is 4.39 Å². The third kappa shape index (κ3) is 2.32. The van der Waals surface area contributed by atoms with Gasteiger partial charge in [-0.05, 0) is 31.5 Å². The quantitative estimate of drug-likeness (QED) is 0.795. The number of hydrogen-bond donors (Lipinski definition) is 0. The van der Waals surface area contributed by atoms with Gasteiger partial charge < -0.3 is 14.7 Å². The lowest BCUT2D eigenvalue weighted by Crippen LogP contribution is -2.46. The summed E-state index contributed by atoms with van der Waals surface area (Å²) in [6, 6.07) is 3.07. The van der Waals surface area contributed by atoms with Gasteiger partial charge in [-0.2, -0.15) is 0 Å². The number of benzene rings is 1. The van der Waals surface area contributed by atoms with E-state index < -0.39 is 17.5 Å². The fraction of sp³-hybridized carbons (Fsp3) is 0.529. The summed E-state index contributed by atoms with van der Waals surface area (Å²) in [7, 11) is 0. The smallest absolute Gasteiger partial charge is 0.299 e. The van der Waals surface area contributed by atoms with Gasteiger partial charge in [-0.3, -0.25) is 9.59 Å². The number of piperazine rings is 1. The number of carbonyl (C=O) groups excluding carboxylic acids is 2. The minimum absolute atomic E-state index is 0.114. The number of rotatable bonds is 3. The number of carbonyl (C=O) groups is 2. The Kier molecular flexibility index (Phi) is 3.37. The fourth-order valence-electron chi connectivity index (χ4n) is 3.51. The van der Waals surface area contributed by atoms with Crippen LogP contribution in [0.25, 0.3) is 0 Å². The average Bonchev–Trinajstić information content (AvgIpc) is 3.37. The lowest BCUT2D eigenvalue weighted by atomic mass is 10.1. The molecule has 1 saturated carbocycles. The van der Waals surface area contributed by atoms with Gasteiger partial charge in [0.2, 0.25) is 0 Å². The molecular weight excluding hydrogens is 297 g/mol. The molecule has 5 nitrogen and oxygen atoms in total. The molecule has 1 saturated heterocycles. The Morgan fingerprint density at radius 3 is 2.39 bits per heavy atom. The molecule has 3 aliphatic rings. The summed E-state index contributed by atoms with van der Waals surface area (Å²) in [6.45, 7) is 6.44. The lowest BCUT2D eigenvalue weighted by molar-refractivity contribution is -0.114. The van der Waals surface area contributed by atoms with Gasteiger partial charge in [0.25, 0.3) is 11.7 Å². The SMILES string of the molecule is CCN1CCN(c2cc3c(cc2F)C(=O)C(=O)N3C2CC2)CC1. The van der Waals surface area contributed by atoms with E-state index >= 15 is 0 Å². The molecule has 2 heterocycles.